The first-order chi connectivity index (χ1) is 34.4. The Kier molecular flexibility index (Phi) is 16.8. The number of methoxy groups -OCH3 is 3. The van der Waals surface area contributed by atoms with E-state index in [0.29, 0.717) is 53.9 Å². The van der Waals surface area contributed by atoms with Gasteiger partial charge in [0.25, 0.3) is 0 Å². The van der Waals surface area contributed by atoms with Crippen LogP contribution in [0.5, 0.6) is 51.7 Å². The number of rotatable bonds is 20. The highest BCUT2D eigenvalue weighted by molar-refractivity contribution is 5.96. The maximum absolute atomic E-state index is 13.2. The average Bonchev–Trinajstić information content (AvgIpc) is 3.39. The molecule has 7 rings (SSSR count). The lowest BCUT2D eigenvalue weighted by atomic mass is 10.1. The normalized spacial score (nSPS) is 11.1. The van der Waals surface area contributed by atoms with Crippen LogP contribution in [0.3, 0.4) is 0 Å². The van der Waals surface area contributed by atoms with Gasteiger partial charge in [-0.1, -0.05) is 24.3 Å². The van der Waals surface area contributed by atoms with Crippen LogP contribution in [0.2, 0.25) is 0 Å². The second-order valence-electron chi connectivity index (χ2n) is 15.4. The van der Waals surface area contributed by atoms with Crippen molar-refractivity contribution in [1.82, 2.24) is 0 Å². The van der Waals surface area contributed by atoms with Gasteiger partial charge in [0, 0.05) is 25.2 Å². The summed E-state index contributed by atoms with van der Waals surface area (Å²) in [6.45, 7) is 4.84. The first-order valence-electron chi connectivity index (χ1n) is 22.2. The molecule has 7 aromatic carbocycles. The van der Waals surface area contributed by atoms with Gasteiger partial charge in [-0.2, -0.15) is 0 Å². The van der Waals surface area contributed by atoms with Crippen LogP contribution in [0.4, 0.5) is 0 Å². The highest BCUT2D eigenvalue weighted by atomic mass is 16.6. The van der Waals surface area contributed by atoms with E-state index in [1.807, 2.05) is 13.8 Å². The number of ether oxygens (including phenoxy) is 10. The standard InChI is InChI=1S/C56H48O15/c1-6-65-35(2)31-32-66-51-34-49(63-4)48(33-50(51)64-5)56(61)71-47-29-17-41(18-30-47)55(60)70-46-27-15-40(16-28-46)54(59)68-44-23-9-37(10-24-44)36-7-21-43(22-8-36)67-53(58)39-13-25-45(26-14-39)69-52(57)38-11-19-42(62-3)20-12-38/h7-30,33-35H,6,31-32H2,1-5H3. The quantitative estimate of drug-likeness (QED) is 0.0520. The summed E-state index contributed by atoms with van der Waals surface area (Å²) in [6.07, 6.45) is 0.664. The zero-order valence-corrected chi connectivity index (χ0v) is 39.3. The zero-order chi connectivity index (χ0) is 50.3. The molecule has 0 aliphatic carbocycles. The lowest BCUT2D eigenvalue weighted by Crippen LogP contribution is -2.14. The Bertz CT molecular complexity index is 2950. The van der Waals surface area contributed by atoms with Gasteiger partial charge in [0.2, 0.25) is 0 Å². The largest absolute Gasteiger partial charge is 0.497 e. The molecule has 0 saturated carbocycles. The van der Waals surface area contributed by atoms with Gasteiger partial charge in [-0.3, -0.25) is 0 Å². The third-order valence-electron chi connectivity index (χ3n) is 10.6. The van der Waals surface area contributed by atoms with Crippen molar-refractivity contribution in [2.75, 3.05) is 34.5 Å². The summed E-state index contributed by atoms with van der Waals surface area (Å²) in [6, 6.07) is 41.0. The molecule has 0 heterocycles. The lowest BCUT2D eigenvalue weighted by Gasteiger charge is -2.16. The maximum atomic E-state index is 13.2. The van der Waals surface area contributed by atoms with Crippen molar-refractivity contribution in [2.45, 2.75) is 26.4 Å². The van der Waals surface area contributed by atoms with Crippen molar-refractivity contribution in [2.24, 2.45) is 0 Å². The number of carbonyl (C=O) groups is 5. The minimum absolute atomic E-state index is 0.0135. The zero-order valence-electron chi connectivity index (χ0n) is 39.3. The molecule has 0 fully saturated rings. The Labute approximate surface area is 409 Å². The number of hydrogen-bond acceptors (Lipinski definition) is 15. The smallest absolute Gasteiger partial charge is 0.347 e. The minimum Gasteiger partial charge on any atom is -0.497 e. The molecule has 0 radical (unpaired) electrons. The van der Waals surface area contributed by atoms with E-state index in [-0.39, 0.29) is 51.4 Å². The molecule has 71 heavy (non-hydrogen) atoms. The van der Waals surface area contributed by atoms with Crippen LogP contribution >= 0.6 is 0 Å². The molecule has 0 aliphatic rings. The highest BCUT2D eigenvalue weighted by Gasteiger charge is 2.21. The van der Waals surface area contributed by atoms with E-state index in [1.165, 1.54) is 100 Å². The van der Waals surface area contributed by atoms with Crippen molar-refractivity contribution in [3.8, 4) is 62.9 Å². The van der Waals surface area contributed by atoms with E-state index < -0.39 is 29.8 Å². The molecule has 0 bridgehead atoms. The first-order valence-corrected chi connectivity index (χ1v) is 22.2. The van der Waals surface area contributed by atoms with E-state index in [0.717, 1.165) is 11.1 Å². The summed E-state index contributed by atoms with van der Waals surface area (Å²) in [7, 11) is 4.42. The minimum atomic E-state index is -0.719. The van der Waals surface area contributed by atoms with Gasteiger partial charge < -0.3 is 47.4 Å². The van der Waals surface area contributed by atoms with Crippen molar-refractivity contribution in [1.29, 1.82) is 0 Å². The molecule has 0 spiro atoms. The molecule has 0 N–H and O–H groups in total. The Morgan fingerprint density at radius 3 is 1.07 bits per heavy atom. The van der Waals surface area contributed by atoms with E-state index in [9.17, 15) is 24.0 Å². The highest BCUT2D eigenvalue weighted by Crippen LogP contribution is 2.36. The van der Waals surface area contributed by atoms with Crippen LogP contribution in [0.15, 0.2) is 158 Å². The third-order valence-corrected chi connectivity index (χ3v) is 10.6. The summed E-state index contributed by atoms with van der Waals surface area (Å²) in [5.41, 5.74) is 2.76. The molecule has 15 heteroatoms. The number of benzene rings is 7. The molecule has 0 amide bonds. The van der Waals surface area contributed by atoms with Crippen LogP contribution in [-0.4, -0.2) is 70.5 Å². The van der Waals surface area contributed by atoms with E-state index >= 15 is 0 Å². The van der Waals surface area contributed by atoms with E-state index in [1.54, 1.807) is 78.9 Å². The number of hydrogen-bond donors (Lipinski definition) is 0. The predicted molar refractivity (Wildman–Crippen MR) is 260 cm³/mol. The van der Waals surface area contributed by atoms with E-state index in [2.05, 4.69) is 0 Å². The molecule has 7 aromatic rings. The van der Waals surface area contributed by atoms with Crippen LogP contribution in [-0.2, 0) is 4.74 Å². The number of esters is 5. The number of carbonyl (C=O) groups excluding carboxylic acids is 5. The van der Waals surface area contributed by atoms with Gasteiger partial charge in [0.1, 0.15) is 45.8 Å². The molecule has 0 aliphatic heterocycles. The van der Waals surface area contributed by atoms with Crippen molar-refractivity contribution in [3.63, 3.8) is 0 Å². The van der Waals surface area contributed by atoms with Gasteiger partial charge in [0.05, 0.1) is 56.3 Å². The molecule has 362 valence electrons. The van der Waals surface area contributed by atoms with Crippen LogP contribution in [0.1, 0.15) is 72.1 Å². The first kappa shape index (κ1) is 49.9. The fraction of sp³-hybridized carbons (Fsp3) is 0.161. The molecule has 1 atom stereocenters. The van der Waals surface area contributed by atoms with Gasteiger partial charge in [-0.15, -0.1) is 0 Å². The summed E-state index contributed by atoms with van der Waals surface area (Å²) in [5.74, 6) is -0.374. The monoisotopic (exact) mass is 960 g/mol. The maximum Gasteiger partial charge on any atom is 0.347 e. The molecule has 15 nitrogen and oxygen atoms in total. The molecule has 1 unspecified atom stereocenters. The Morgan fingerprint density at radius 1 is 0.394 bits per heavy atom. The van der Waals surface area contributed by atoms with Crippen molar-refractivity contribution in [3.05, 3.63) is 186 Å². The average molecular weight is 961 g/mol. The molecule has 0 aromatic heterocycles. The van der Waals surface area contributed by atoms with Gasteiger partial charge >= 0.3 is 29.8 Å². The van der Waals surface area contributed by atoms with Crippen LogP contribution in [0, 0.1) is 0 Å². The Balaban J connectivity index is 0.861. The molecule has 0 saturated heterocycles. The summed E-state index contributed by atoms with van der Waals surface area (Å²) in [5, 5.41) is 0. The fourth-order valence-electron chi connectivity index (χ4n) is 6.81. The van der Waals surface area contributed by atoms with Crippen molar-refractivity contribution >= 4 is 29.8 Å². The second kappa shape index (κ2) is 23.9. The third kappa shape index (κ3) is 13.4. The lowest BCUT2D eigenvalue weighted by molar-refractivity contribution is 0.0592. The van der Waals surface area contributed by atoms with Crippen LogP contribution in [0.25, 0.3) is 11.1 Å². The van der Waals surface area contributed by atoms with Gasteiger partial charge in [0.15, 0.2) is 11.5 Å². The SMILES string of the molecule is CCOC(C)CCOc1cc(OC)c(C(=O)Oc2ccc(C(=O)Oc3ccc(C(=O)Oc4ccc(-c5ccc(OC(=O)c6ccc(OC(=O)c7ccc(OC)cc7)cc6)cc5)cc4)cc3)cc2)cc1OC. The van der Waals surface area contributed by atoms with Crippen molar-refractivity contribution < 1.29 is 71.3 Å². The molecular formula is C56H48O15. The fourth-order valence-corrected chi connectivity index (χ4v) is 6.81. The topological polar surface area (TPSA) is 178 Å². The predicted octanol–water partition coefficient (Wildman–Crippen LogP) is 10.7. The Hall–Kier alpha value is -8.95. The van der Waals surface area contributed by atoms with E-state index in [4.69, 9.17) is 47.4 Å². The van der Waals surface area contributed by atoms with Gasteiger partial charge in [-0.25, -0.2) is 24.0 Å². The molecular weight excluding hydrogens is 913 g/mol. The summed E-state index contributed by atoms with van der Waals surface area (Å²) < 4.78 is 55.1. The summed E-state index contributed by atoms with van der Waals surface area (Å²) >= 11 is 0. The summed E-state index contributed by atoms with van der Waals surface area (Å²) in [4.78, 5) is 64.5. The van der Waals surface area contributed by atoms with Gasteiger partial charge in [-0.05, 0) is 146 Å². The van der Waals surface area contributed by atoms with Crippen LogP contribution < -0.4 is 42.6 Å². The Morgan fingerprint density at radius 2 is 0.732 bits per heavy atom. The second-order valence-corrected chi connectivity index (χ2v) is 15.4.